The number of rotatable bonds is 9. The first-order valence-corrected chi connectivity index (χ1v) is 13.7. The van der Waals surface area contributed by atoms with Gasteiger partial charge in [0.25, 0.3) is 0 Å². The summed E-state index contributed by atoms with van der Waals surface area (Å²) in [6.07, 6.45) is 7.45. The molecule has 2 aliphatic carbocycles. The van der Waals surface area contributed by atoms with Gasteiger partial charge in [0.05, 0.1) is 18.8 Å². The Morgan fingerprint density at radius 3 is 2.87 bits per heavy atom. The van der Waals surface area contributed by atoms with Crippen LogP contribution in [-0.4, -0.2) is 63.9 Å². The van der Waals surface area contributed by atoms with Crippen molar-refractivity contribution in [2.45, 2.75) is 57.3 Å². The lowest BCUT2D eigenvalue weighted by atomic mass is 9.72. The second-order valence-electron chi connectivity index (χ2n) is 11.7. The SMILES string of the molecule is Nc1nc(NCC2CC3(CC3)C2)c2c(cnn2Cc2ccc(C(=O)C3C[C@H]4CNC[C@H]4N3)cc2OC(F)F)n1. The highest BCUT2D eigenvalue weighted by Crippen LogP contribution is 2.63. The van der Waals surface area contributed by atoms with Gasteiger partial charge in [-0.25, -0.2) is 4.98 Å². The Morgan fingerprint density at radius 2 is 2.10 bits per heavy atom. The van der Waals surface area contributed by atoms with Crippen LogP contribution in [0, 0.1) is 17.3 Å². The van der Waals surface area contributed by atoms with Gasteiger partial charge in [-0.1, -0.05) is 12.1 Å². The summed E-state index contributed by atoms with van der Waals surface area (Å²) in [6, 6.07) is 4.69. The normalized spacial score (nSPS) is 25.3. The lowest BCUT2D eigenvalue weighted by Gasteiger charge is -2.36. The number of hydrogen-bond donors (Lipinski definition) is 4. The molecule has 4 fully saturated rings. The van der Waals surface area contributed by atoms with Crippen molar-refractivity contribution in [3.05, 3.63) is 35.5 Å². The number of nitrogens with two attached hydrogens (primary N) is 1. The highest BCUT2D eigenvalue weighted by molar-refractivity contribution is 6.00. The lowest BCUT2D eigenvalue weighted by Crippen LogP contribution is -2.38. The molecule has 2 saturated carbocycles. The van der Waals surface area contributed by atoms with E-state index in [1.165, 1.54) is 31.7 Å². The van der Waals surface area contributed by atoms with E-state index in [0.717, 1.165) is 26.1 Å². The maximum Gasteiger partial charge on any atom is 0.387 e. The monoisotopic (exact) mass is 538 g/mol. The molecular weight excluding hydrogens is 506 g/mol. The summed E-state index contributed by atoms with van der Waals surface area (Å²) >= 11 is 0. The number of carbonyl (C=O) groups excluding carboxylic acids is 1. The molecule has 4 aliphatic rings. The molecule has 12 heteroatoms. The number of aromatic nitrogens is 4. The maximum atomic E-state index is 13.4. The van der Waals surface area contributed by atoms with Crippen molar-refractivity contribution >= 4 is 28.6 Å². The fourth-order valence-corrected chi connectivity index (χ4v) is 6.79. The number of anilines is 2. The number of alkyl halides is 2. The maximum absolute atomic E-state index is 13.4. The molecule has 5 N–H and O–H groups in total. The molecule has 0 radical (unpaired) electrons. The van der Waals surface area contributed by atoms with Gasteiger partial charge in [-0.05, 0) is 62.0 Å². The quantitative estimate of drug-likeness (QED) is 0.304. The van der Waals surface area contributed by atoms with E-state index in [9.17, 15) is 13.6 Å². The smallest absolute Gasteiger partial charge is 0.387 e. The molecular formula is C27H32F2N8O2. The number of carbonyl (C=O) groups is 1. The van der Waals surface area contributed by atoms with Crippen molar-refractivity contribution in [1.29, 1.82) is 0 Å². The van der Waals surface area contributed by atoms with Crippen LogP contribution in [0.15, 0.2) is 24.4 Å². The summed E-state index contributed by atoms with van der Waals surface area (Å²) < 4.78 is 33.4. The van der Waals surface area contributed by atoms with Gasteiger partial charge in [0.1, 0.15) is 16.8 Å². The van der Waals surface area contributed by atoms with E-state index in [0.29, 0.717) is 45.2 Å². The Bertz CT molecular complexity index is 1400. The minimum absolute atomic E-state index is 0.0468. The number of hydrogen-bond acceptors (Lipinski definition) is 9. The van der Waals surface area contributed by atoms with Crippen molar-refractivity contribution in [1.82, 2.24) is 30.4 Å². The standard InChI is InChI=1S/C27H32F2N8O2/c28-25(29)39-21-6-15(23(38)18-5-17-10-31-11-19(17)34-18)1-2-16(21)13-37-22-20(12-33-37)35-26(30)36-24(22)32-9-14-7-27(8-14)3-4-27/h1-2,6,12,14,17-19,25,31,34H,3-5,7-11,13H2,(H3,30,32,35,36)/t17-,18?,19+/m0/s1. The molecule has 2 saturated heterocycles. The van der Waals surface area contributed by atoms with E-state index in [2.05, 4.69) is 31.0 Å². The largest absolute Gasteiger partial charge is 0.434 e. The number of nitrogens with one attached hydrogen (secondary N) is 3. The van der Waals surface area contributed by atoms with Crippen LogP contribution in [0.4, 0.5) is 20.5 Å². The van der Waals surface area contributed by atoms with Gasteiger partial charge in [-0.3, -0.25) is 9.48 Å². The molecule has 7 rings (SSSR count). The third-order valence-corrected chi connectivity index (χ3v) is 8.96. The summed E-state index contributed by atoms with van der Waals surface area (Å²) in [5.74, 6) is 1.55. The summed E-state index contributed by atoms with van der Waals surface area (Å²) in [5.41, 5.74) is 8.58. The number of ketones is 1. The first kappa shape index (κ1) is 24.6. The number of nitrogen functional groups attached to an aromatic ring is 1. The molecule has 206 valence electrons. The van der Waals surface area contributed by atoms with Crippen LogP contribution in [0.5, 0.6) is 5.75 Å². The second kappa shape index (κ2) is 9.37. The van der Waals surface area contributed by atoms with E-state index >= 15 is 0 Å². The predicted octanol–water partition coefficient (Wildman–Crippen LogP) is 2.79. The van der Waals surface area contributed by atoms with Crippen molar-refractivity contribution in [3.63, 3.8) is 0 Å². The van der Waals surface area contributed by atoms with Crippen molar-refractivity contribution in [3.8, 4) is 5.75 Å². The van der Waals surface area contributed by atoms with Crippen LogP contribution >= 0.6 is 0 Å². The van der Waals surface area contributed by atoms with Gasteiger partial charge in [-0.15, -0.1) is 0 Å². The van der Waals surface area contributed by atoms with Gasteiger partial charge in [0.2, 0.25) is 5.95 Å². The van der Waals surface area contributed by atoms with Crippen molar-refractivity contribution in [2.24, 2.45) is 17.3 Å². The Morgan fingerprint density at radius 1 is 1.26 bits per heavy atom. The van der Waals surface area contributed by atoms with E-state index in [1.807, 2.05) is 0 Å². The van der Waals surface area contributed by atoms with E-state index in [1.54, 1.807) is 23.0 Å². The van der Waals surface area contributed by atoms with E-state index in [4.69, 9.17) is 10.5 Å². The third-order valence-electron chi connectivity index (χ3n) is 8.96. The zero-order valence-corrected chi connectivity index (χ0v) is 21.5. The fraction of sp³-hybridized carbons (Fsp3) is 0.556. The molecule has 39 heavy (non-hydrogen) atoms. The van der Waals surface area contributed by atoms with E-state index in [-0.39, 0.29) is 36.1 Å². The molecule has 3 aromatic rings. The molecule has 1 spiro atoms. The van der Waals surface area contributed by atoms with Gasteiger partial charge in [0, 0.05) is 30.3 Å². The highest BCUT2D eigenvalue weighted by Gasteiger charge is 2.52. The average molecular weight is 539 g/mol. The molecule has 3 atom stereocenters. The molecule has 0 amide bonds. The molecule has 0 bridgehead atoms. The molecule has 1 unspecified atom stereocenters. The number of fused-ring (bicyclic) bond motifs is 2. The molecule has 10 nitrogen and oxygen atoms in total. The molecule has 2 aliphatic heterocycles. The number of ether oxygens (including phenoxy) is 1. The average Bonchev–Trinajstić information content (AvgIpc) is 3.16. The summed E-state index contributed by atoms with van der Waals surface area (Å²) in [5, 5.41) is 14.6. The fourth-order valence-electron chi connectivity index (χ4n) is 6.79. The van der Waals surface area contributed by atoms with Gasteiger partial charge >= 0.3 is 6.61 Å². The summed E-state index contributed by atoms with van der Waals surface area (Å²) in [4.78, 5) is 21.9. The summed E-state index contributed by atoms with van der Waals surface area (Å²) in [7, 11) is 0. The molecule has 2 aromatic heterocycles. The predicted molar refractivity (Wildman–Crippen MR) is 141 cm³/mol. The van der Waals surface area contributed by atoms with Crippen LogP contribution in [0.3, 0.4) is 0 Å². The van der Waals surface area contributed by atoms with Crippen LogP contribution in [0.2, 0.25) is 0 Å². The van der Waals surface area contributed by atoms with E-state index < -0.39 is 6.61 Å². The highest BCUT2D eigenvalue weighted by atomic mass is 19.3. The lowest BCUT2D eigenvalue weighted by molar-refractivity contribution is -0.0505. The Labute approximate surface area is 224 Å². The zero-order chi connectivity index (χ0) is 26.7. The molecule has 4 heterocycles. The van der Waals surface area contributed by atoms with Crippen LogP contribution in [0.1, 0.15) is 48.0 Å². The van der Waals surface area contributed by atoms with Crippen molar-refractivity contribution in [2.75, 3.05) is 30.7 Å². The number of halogens is 2. The first-order valence-electron chi connectivity index (χ1n) is 13.7. The van der Waals surface area contributed by atoms with Gasteiger partial charge < -0.3 is 26.4 Å². The second-order valence-corrected chi connectivity index (χ2v) is 11.7. The summed E-state index contributed by atoms with van der Waals surface area (Å²) in [6.45, 7) is -0.408. The first-order chi connectivity index (χ1) is 18.9. The van der Waals surface area contributed by atoms with Crippen molar-refractivity contribution < 1.29 is 18.3 Å². The minimum atomic E-state index is -3.03. The number of Topliss-reactive ketones (excluding diaryl/α,β-unsaturated/α-hetero) is 1. The number of benzene rings is 1. The number of nitrogens with zero attached hydrogens (tertiary/aromatic N) is 4. The molecule has 1 aromatic carbocycles. The third kappa shape index (κ3) is 4.69. The van der Waals surface area contributed by atoms with Crippen LogP contribution < -0.4 is 26.4 Å². The Balaban J connectivity index is 1.13. The Hall–Kier alpha value is -3.38. The van der Waals surface area contributed by atoms with Gasteiger partial charge in [0.15, 0.2) is 11.6 Å². The topological polar surface area (TPSA) is 132 Å². The minimum Gasteiger partial charge on any atom is -0.434 e. The van der Waals surface area contributed by atoms with Crippen LogP contribution in [-0.2, 0) is 6.54 Å². The van der Waals surface area contributed by atoms with Gasteiger partial charge in [-0.2, -0.15) is 18.9 Å². The van der Waals surface area contributed by atoms with Crippen LogP contribution in [0.25, 0.3) is 11.0 Å². The Kier molecular flexibility index (Phi) is 5.92. The zero-order valence-electron chi connectivity index (χ0n) is 21.5.